The number of hydrogen-bond acceptors (Lipinski definition) is 4. The largest absolute Gasteiger partial charge is 0.467 e. The molecule has 1 aliphatic heterocycles. The van der Waals surface area contributed by atoms with Crippen LogP contribution in [0.15, 0.2) is 52.1 Å². The molecule has 2 heterocycles. The summed E-state index contributed by atoms with van der Waals surface area (Å²) >= 11 is 0. The smallest absolute Gasteiger partial charge is 0.239 e. The fourth-order valence-electron chi connectivity index (χ4n) is 3.45. The van der Waals surface area contributed by atoms with Gasteiger partial charge in [-0.25, -0.2) is 0 Å². The molecular formula is C22H31IN4O3. The van der Waals surface area contributed by atoms with Gasteiger partial charge < -0.3 is 25.1 Å². The minimum Gasteiger partial charge on any atom is -0.467 e. The Bertz CT molecular complexity index is 793. The second kappa shape index (κ2) is 12.6. The average Bonchev–Trinajstić information content (AvgIpc) is 3.27. The quantitative estimate of drug-likeness (QED) is 0.293. The molecule has 0 aliphatic carbocycles. The molecule has 2 aromatic rings. The van der Waals surface area contributed by atoms with Crippen molar-refractivity contribution in [3.63, 3.8) is 0 Å². The number of amides is 1. The van der Waals surface area contributed by atoms with Gasteiger partial charge in [0.05, 0.1) is 25.5 Å². The predicted molar refractivity (Wildman–Crippen MR) is 128 cm³/mol. The van der Waals surface area contributed by atoms with E-state index in [1.807, 2.05) is 6.07 Å². The lowest BCUT2D eigenvalue weighted by Crippen LogP contribution is -2.45. The molecule has 0 saturated carbocycles. The minimum absolute atomic E-state index is 0. The molecule has 30 heavy (non-hydrogen) atoms. The van der Waals surface area contributed by atoms with E-state index in [9.17, 15) is 4.79 Å². The van der Waals surface area contributed by atoms with Crippen LogP contribution in [-0.2, 0) is 16.1 Å². The third-order valence-electron chi connectivity index (χ3n) is 5.06. The summed E-state index contributed by atoms with van der Waals surface area (Å²) in [6.07, 6.45) is 3.80. The highest BCUT2D eigenvalue weighted by Gasteiger charge is 2.27. The number of rotatable bonds is 7. The van der Waals surface area contributed by atoms with E-state index in [0.29, 0.717) is 18.4 Å². The van der Waals surface area contributed by atoms with Crippen molar-refractivity contribution in [2.45, 2.75) is 32.4 Å². The summed E-state index contributed by atoms with van der Waals surface area (Å²) in [5.41, 5.74) is 2.46. The average molecular weight is 526 g/mol. The molecule has 3 N–H and O–H groups in total. The van der Waals surface area contributed by atoms with Gasteiger partial charge in [-0.2, -0.15) is 0 Å². The summed E-state index contributed by atoms with van der Waals surface area (Å²) in [7, 11) is 1.70. The maximum atomic E-state index is 12.0. The number of carbonyl (C=O) groups excluding carboxylic acids is 1. The number of ether oxygens (including phenoxy) is 1. The molecule has 8 heteroatoms. The van der Waals surface area contributed by atoms with Crippen molar-refractivity contribution < 1.29 is 13.9 Å². The number of hydrogen-bond donors (Lipinski definition) is 3. The highest BCUT2D eigenvalue weighted by molar-refractivity contribution is 14.0. The monoisotopic (exact) mass is 526 g/mol. The fraction of sp³-hybridized carbons (Fsp3) is 0.455. The van der Waals surface area contributed by atoms with Gasteiger partial charge in [-0.1, -0.05) is 29.8 Å². The molecule has 2 atom stereocenters. The summed E-state index contributed by atoms with van der Waals surface area (Å²) in [5, 5.41) is 9.20. The van der Waals surface area contributed by atoms with Crippen LogP contribution in [0.3, 0.4) is 0 Å². The molecule has 1 aromatic carbocycles. The number of aliphatic imine (C=N–C) groups is 1. The molecule has 164 valence electrons. The van der Waals surface area contributed by atoms with Gasteiger partial charge in [0.15, 0.2) is 5.96 Å². The number of aryl methyl sites for hydroxylation is 1. The topological polar surface area (TPSA) is 87.9 Å². The van der Waals surface area contributed by atoms with Gasteiger partial charge in [-0.05, 0) is 37.5 Å². The Morgan fingerprint density at radius 2 is 1.97 bits per heavy atom. The van der Waals surface area contributed by atoms with E-state index < -0.39 is 0 Å². The molecule has 7 nitrogen and oxygen atoms in total. The molecule has 1 aromatic heterocycles. The Morgan fingerprint density at radius 1 is 1.17 bits per heavy atom. The predicted octanol–water partition coefficient (Wildman–Crippen LogP) is 3.16. The molecule has 0 bridgehead atoms. The first kappa shape index (κ1) is 24.2. The van der Waals surface area contributed by atoms with Gasteiger partial charge in [-0.15, -0.1) is 24.0 Å². The molecule has 3 rings (SSSR count). The molecule has 1 fully saturated rings. The fourth-order valence-corrected chi connectivity index (χ4v) is 3.45. The highest BCUT2D eigenvalue weighted by atomic mass is 127. The van der Waals surface area contributed by atoms with Gasteiger partial charge in [-0.3, -0.25) is 9.79 Å². The molecule has 1 amide bonds. The number of halogens is 1. The van der Waals surface area contributed by atoms with E-state index in [-0.39, 0.29) is 42.5 Å². The van der Waals surface area contributed by atoms with Crippen molar-refractivity contribution in [1.29, 1.82) is 0 Å². The van der Waals surface area contributed by atoms with Crippen LogP contribution in [0.1, 0.15) is 35.8 Å². The van der Waals surface area contributed by atoms with E-state index in [2.05, 4.69) is 52.1 Å². The van der Waals surface area contributed by atoms with Crippen molar-refractivity contribution in [3.8, 4) is 0 Å². The Kier molecular flexibility index (Phi) is 10.2. The lowest BCUT2D eigenvalue weighted by molar-refractivity contribution is -0.120. The lowest BCUT2D eigenvalue weighted by atomic mass is 9.89. The first-order chi connectivity index (χ1) is 14.2. The van der Waals surface area contributed by atoms with Gasteiger partial charge in [0, 0.05) is 26.1 Å². The van der Waals surface area contributed by atoms with Gasteiger partial charge in [0.2, 0.25) is 5.91 Å². The summed E-state index contributed by atoms with van der Waals surface area (Å²) in [4.78, 5) is 16.2. The Morgan fingerprint density at radius 3 is 2.67 bits per heavy atom. The summed E-state index contributed by atoms with van der Waals surface area (Å²) in [6.45, 7) is 4.12. The number of nitrogens with zero attached hydrogens (tertiary/aromatic N) is 1. The Hall–Kier alpha value is -2.07. The van der Waals surface area contributed by atoms with E-state index in [1.165, 1.54) is 11.1 Å². The minimum atomic E-state index is -0.122. The number of benzene rings is 1. The first-order valence-corrected chi connectivity index (χ1v) is 10.1. The summed E-state index contributed by atoms with van der Waals surface area (Å²) < 4.78 is 11.3. The zero-order valence-electron chi connectivity index (χ0n) is 17.5. The van der Waals surface area contributed by atoms with Gasteiger partial charge in [0.25, 0.3) is 0 Å². The number of carbonyl (C=O) groups is 1. The van der Waals surface area contributed by atoms with E-state index in [1.54, 1.807) is 19.4 Å². The molecule has 2 unspecified atom stereocenters. The van der Waals surface area contributed by atoms with Crippen LogP contribution in [0, 0.1) is 12.8 Å². The van der Waals surface area contributed by atoms with Crippen LogP contribution < -0.4 is 16.0 Å². The molecule has 1 saturated heterocycles. The second-order valence-corrected chi connectivity index (χ2v) is 7.27. The van der Waals surface area contributed by atoms with Crippen molar-refractivity contribution in [2.24, 2.45) is 10.9 Å². The SMILES string of the molecule is CN=C(NCC(=O)NCc1ccco1)NCC1CCCOC1c1ccc(C)cc1.I. The van der Waals surface area contributed by atoms with Crippen LogP contribution in [0.25, 0.3) is 0 Å². The third kappa shape index (κ3) is 7.32. The zero-order valence-corrected chi connectivity index (χ0v) is 19.8. The van der Waals surface area contributed by atoms with Crippen molar-refractivity contribution in [3.05, 3.63) is 59.5 Å². The second-order valence-electron chi connectivity index (χ2n) is 7.27. The van der Waals surface area contributed by atoms with E-state index >= 15 is 0 Å². The standard InChI is InChI=1S/C22H30N4O3.HI/c1-16-7-9-17(10-8-16)21-18(5-3-12-29-21)13-25-22(23-2)26-15-20(27)24-14-19-6-4-11-28-19;/h4,6-11,18,21H,3,5,12-15H2,1-2H3,(H,24,27)(H2,23,25,26);1H. The maximum absolute atomic E-state index is 12.0. The lowest BCUT2D eigenvalue weighted by Gasteiger charge is -2.32. The van der Waals surface area contributed by atoms with Gasteiger partial charge in [0.1, 0.15) is 5.76 Å². The van der Waals surface area contributed by atoms with Crippen LogP contribution in [0.2, 0.25) is 0 Å². The van der Waals surface area contributed by atoms with E-state index in [4.69, 9.17) is 9.15 Å². The van der Waals surface area contributed by atoms with Gasteiger partial charge >= 0.3 is 0 Å². The van der Waals surface area contributed by atoms with Crippen LogP contribution in [0.5, 0.6) is 0 Å². The van der Waals surface area contributed by atoms with Crippen molar-refractivity contribution >= 4 is 35.8 Å². The highest BCUT2D eigenvalue weighted by Crippen LogP contribution is 2.33. The van der Waals surface area contributed by atoms with Crippen molar-refractivity contribution in [2.75, 3.05) is 26.7 Å². The maximum Gasteiger partial charge on any atom is 0.239 e. The number of furan rings is 1. The van der Waals surface area contributed by atoms with Crippen LogP contribution in [-0.4, -0.2) is 38.6 Å². The van der Waals surface area contributed by atoms with Crippen molar-refractivity contribution in [1.82, 2.24) is 16.0 Å². The normalized spacial score (nSPS) is 18.9. The molecular weight excluding hydrogens is 495 g/mol. The number of nitrogens with one attached hydrogen (secondary N) is 3. The third-order valence-corrected chi connectivity index (χ3v) is 5.06. The number of guanidine groups is 1. The van der Waals surface area contributed by atoms with Crippen LogP contribution >= 0.6 is 24.0 Å². The first-order valence-electron chi connectivity index (χ1n) is 10.1. The Labute approximate surface area is 195 Å². The van der Waals surface area contributed by atoms with E-state index in [0.717, 1.165) is 31.8 Å². The summed E-state index contributed by atoms with van der Waals surface area (Å²) in [6, 6.07) is 12.2. The Balaban J connectivity index is 0.00000320. The molecule has 0 spiro atoms. The van der Waals surface area contributed by atoms with Crippen LogP contribution in [0.4, 0.5) is 0 Å². The molecule has 0 radical (unpaired) electrons. The zero-order chi connectivity index (χ0) is 20.5. The summed E-state index contributed by atoms with van der Waals surface area (Å²) in [5.74, 6) is 1.55. The molecule has 1 aliphatic rings.